The average Bonchev–Trinajstić information content (AvgIpc) is 3.19. The van der Waals surface area contributed by atoms with Crippen molar-refractivity contribution in [2.24, 2.45) is 0 Å². The molecular formula is C42H40N4O6. The van der Waals surface area contributed by atoms with Crippen LogP contribution >= 0.6 is 0 Å². The van der Waals surface area contributed by atoms with Crippen molar-refractivity contribution in [2.45, 2.75) is 37.9 Å². The van der Waals surface area contributed by atoms with E-state index in [0.29, 0.717) is 23.1 Å². The van der Waals surface area contributed by atoms with Crippen LogP contribution in [0, 0.1) is 0 Å². The van der Waals surface area contributed by atoms with Crippen LogP contribution in [0.2, 0.25) is 0 Å². The van der Waals surface area contributed by atoms with Crippen LogP contribution < -0.4 is 39.9 Å². The summed E-state index contributed by atoms with van der Waals surface area (Å²) in [5.41, 5.74) is 17.0. The number of methoxy groups -OCH3 is 2. The van der Waals surface area contributed by atoms with Crippen molar-refractivity contribution in [3.63, 3.8) is 0 Å². The Morgan fingerprint density at radius 2 is 1.00 bits per heavy atom. The van der Waals surface area contributed by atoms with E-state index in [4.69, 9.17) is 39.9 Å². The quantitative estimate of drug-likeness (QED) is 0.159. The molecule has 4 heterocycles. The number of ether oxygens (including phenoxy) is 6. The monoisotopic (exact) mass is 696 g/mol. The van der Waals surface area contributed by atoms with Gasteiger partial charge < -0.3 is 39.9 Å². The minimum Gasteiger partial charge on any atom is -0.497 e. The maximum absolute atomic E-state index is 6.20. The Balaban J connectivity index is 0.000000162. The van der Waals surface area contributed by atoms with Gasteiger partial charge in [0.25, 0.3) is 0 Å². The third kappa shape index (κ3) is 8.30. The lowest BCUT2D eigenvalue weighted by molar-refractivity contribution is 0.176. The summed E-state index contributed by atoms with van der Waals surface area (Å²) in [6.45, 7) is 0. The molecule has 0 radical (unpaired) electrons. The molecule has 6 aromatic rings. The third-order valence-corrected chi connectivity index (χ3v) is 8.85. The second-order valence-electron chi connectivity index (χ2n) is 12.4. The molecule has 52 heavy (non-hydrogen) atoms. The first-order chi connectivity index (χ1) is 25.4. The highest BCUT2D eigenvalue weighted by Gasteiger charge is 2.24. The van der Waals surface area contributed by atoms with Crippen molar-refractivity contribution in [3.8, 4) is 46.3 Å². The van der Waals surface area contributed by atoms with Crippen molar-refractivity contribution in [1.82, 2.24) is 9.97 Å². The number of fused-ring (bicyclic) bond motifs is 2. The highest BCUT2D eigenvalue weighted by atomic mass is 16.5. The number of nitrogens with zero attached hydrogens (tertiary/aromatic N) is 2. The first kappa shape index (κ1) is 34.0. The number of hydrogen-bond donors (Lipinski definition) is 2. The molecule has 2 aliphatic heterocycles. The number of benzene rings is 4. The molecule has 8 rings (SSSR count). The van der Waals surface area contributed by atoms with Gasteiger partial charge in [-0.05, 0) is 121 Å². The number of hydrogen-bond acceptors (Lipinski definition) is 10. The first-order valence-electron chi connectivity index (χ1n) is 17.1. The van der Waals surface area contributed by atoms with Gasteiger partial charge >= 0.3 is 0 Å². The topological polar surface area (TPSA) is 133 Å². The normalized spacial score (nSPS) is 15.7. The standard InChI is InChI=1S/2C21H20N2O3/c2*1-24-17-4-2-3-14(11-17)19-8-5-15-12-18(7-9-20(15)26-19)25-21-10-6-16(22)13-23-21/h2*2-4,6-7,9-13,19H,5,8,22H2,1H3. The van der Waals surface area contributed by atoms with Crippen LogP contribution in [0.5, 0.6) is 46.3 Å². The molecule has 2 aliphatic rings. The lowest BCUT2D eigenvalue weighted by Gasteiger charge is -2.27. The number of nitrogens with two attached hydrogens (primary N) is 2. The Morgan fingerprint density at radius 3 is 1.40 bits per heavy atom. The summed E-state index contributed by atoms with van der Waals surface area (Å²) in [5, 5.41) is 0. The molecule has 0 aliphatic carbocycles. The number of nitrogen functional groups attached to an aromatic ring is 2. The van der Waals surface area contributed by atoms with E-state index in [1.807, 2.05) is 72.8 Å². The van der Waals surface area contributed by atoms with Crippen molar-refractivity contribution in [3.05, 3.63) is 144 Å². The maximum Gasteiger partial charge on any atom is 0.219 e. The molecule has 4 aromatic carbocycles. The van der Waals surface area contributed by atoms with Crippen molar-refractivity contribution in [1.29, 1.82) is 0 Å². The van der Waals surface area contributed by atoms with Gasteiger partial charge in [-0.15, -0.1) is 0 Å². The predicted octanol–water partition coefficient (Wildman–Crippen LogP) is 9.06. The average molecular weight is 697 g/mol. The molecule has 2 atom stereocenters. The molecular weight excluding hydrogens is 656 g/mol. The van der Waals surface area contributed by atoms with E-state index in [9.17, 15) is 0 Å². The zero-order valence-corrected chi connectivity index (χ0v) is 29.0. The lowest BCUT2D eigenvalue weighted by atomic mass is 9.97. The van der Waals surface area contributed by atoms with Crippen LogP contribution in [0.3, 0.4) is 0 Å². The van der Waals surface area contributed by atoms with Gasteiger partial charge in [0.1, 0.15) is 46.7 Å². The molecule has 0 fully saturated rings. The molecule has 2 aromatic heterocycles. The summed E-state index contributed by atoms with van der Waals surface area (Å²) < 4.78 is 34.6. The molecule has 10 heteroatoms. The molecule has 2 unspecified atom stereocenters. The second-order valence-corrected chi connectivity index (χ2v) is 12.4. The number of anilines is 2. The summed E-state index contributed by atoms with van der Waals surface area (Å²) in [5.74, 6) is 5.99. The van der Waals surface area contributed by atoms with Crippen LogP contribution in [0.1, 0.15) is 47.3 Å². The molecule has 0 saturated heterocycles. The molecule has 264 valence electrons. The van der Waals surface area contributed by atoms with Crippen molar-refractivity contribution >= 4 is 11.4 Å². The van der Waals surface area contributed by atoms with Crippen molar-refractivity contribution in [2.75, 3.05) is 25.7 Å². The third-order valence-electron chi connectivity index (χ3n) is 8.85. The lowest BCUT2D eigenvalue weighted by Crippen LogP contribution is -2.15. The first-order valence-corrected chi connectivity index (χ1v) is 17.1. The minimum absolute atomic E-state index is 0.0307. The van der Waals surface area contributed by atoms with Crippen LogP contribution in [0.15, 0.2) is 122 Å². The highest BCUT2D eigenvalue weighted by molar-refractivity contribution is 5.46. The van der Waals surface area contributed by atoms with E-state index >= 15 is 0 Å². The summed E-state index contributed by atoms with van der Waals surface area (Å²) in [6, 6.07) is 34.8. The molecule has 0 bridgehead atoms. The fourth-order valence-corrected chi connectivity index (χ4v) is 6.16. The SMILES string of the molecule is COc1cccc(C2CCc3cc(Oc4ccc(N)cn4)ccc3O2)c1.COc1cccc(C2CCc3cc(Oc4ccc(N)cn4)ccc3O2)c1. The zero-order chi connectivity index (χ0) is 35.9. The van der Waals surface area contributed by atoms with Crippen LogP contribution in [0.4, 0.5) is 11.4 Å². The van der Waals surface area contributed by atoms with Crippen LogP contribution in [-0.4, -0.2) is 24.2 Å². The highest BCUT2D eigenvalue weighted by Crippen LogP contribution is 2.39. The molecule has 4 N–H and O–H groups in total. The fourth-order valence-electron chi connectivity index (χ4n) is 6.16. The Hall–Kier alpha value is -6.42. The predicted molar refractivity (Wildman–Crippen MR) is 200 cm³/mol. The smallest absolute Gasteiger partial charge is 0.219 e. The van der Waals surface area contributed by atoms with E-state index in [2.05, 4.69) is 22.1 Å². The Kier molecular flexibility index (Phi) is 10.2. The minimum atomic E-state index is 0.0307. The van der Waals surface area contributed by atoms with Crippen LogP contribution in [0.25, 0.3) is 0 Å². The Bertz CT molecular complexity index is 1970. The number of pyridine rings is 2. The van der Waals surface area contributed by atoms with Gasteiger partial charge in [0.05, 0.1) is 38.0 Å². The van der Waals surface area contributed by atoms with E-state index in [0.717, 1.165) is 82.4 Å². The Labute approximate surface area is 302 Å². The van der Waals surface area contributed by atoms with E-state index in [-0.39, 0.29) is 12.2 Å². The zero-order valence-electron chi connectivity index (χ0n) is 29.0. The summed E-state index contributed by atoms with van der Waals surface area (Å²) >= 11 is 0. The molecule has 0 spiro atoms. The van der Waals surface area contributed by atoms with Gasteiger partial charge in [0.15, 0.2) is 0 Å². The van der Waals surface area contributed by atoms with E-state index in [1.165, 1.54) is 0 Å². The summed E-state index contributed by atoms with van der Waals surface area (Å²) in [7, 11) is 3.35. The van der Waals surface area contributed by atoms with Gasteiger partial charge in [-0.25, -0.2) is 9.97 Å². The van der Waals surface area contributed by atoms with Gasteiger partial charge in [-0.2, -0.15) is 0 Å². The number of rotatable bonds is 8. The van der Waals surface area contributed by atoms with Crippen LogP contribution in [-0.2, 0) is 12.8 Å². The molecule has 10 nitrogen and oxygen atoms in total. The second kappa shape index (κ2) is 15.6. The van der Waals surface area contributed by atoms with Crippen molar-refractivity contribution < 1.29 is 28.4 Å². The van der Waals surface area contributed by atoms with Gasteiger partial charge in [-0.3, -0.25) is 0 Å². The molecule has 0 amide bonds. The number of aromatic nitrogens is 2. The molecule has 0 saturated carbocycles. The fraction of sp³-hybridized carbons (Fsp3) is 0.190. The Morgan fingerprint density at radius 1 is 0.538 bits per heavy atom. The summed E-state index contributed by atoms with van der Waals surface area (Å²) in [4.78, 5) is 8.33. The van der Waals surface area contributed by atoms with E-state index in [1.54, 1.807) is 50.9 Å². The van der Waals surface area contributed by atoms with Gasteiger partial charge in [-0.1, -0.05) is 24.3 Å². The summed E-state index contributed by atoms with van der Waals surface area (Å²) in [6.07, 6.45) is 6.87. The van der Waals surface area contributed by atoms with Gasteiger partial charge in [0.2, 0.25) is 11.8 Å². The van der Waals surface area contributed by atoms with E-state index < -0.39 is 0 Å². The number of aryl methyl sites for hydroxylation is 2. The van der Waals surface area contributed by atoms with Gasteiger partial charge in [0, 0.05) is 12.1 Å². The largest absolute Gasteiger partial charge is 0.497 e. The maximum atomic E-state index is 6.20.